The lowest BCUT2D eigenvalue weighted by molar-refractivity contribution is 0.896. The minimum Gasteiger partial charge on any atom is -0.118 e. The zero-order valence-electron chi connectivity index (χ0n) is 23.3. The van der Waals surface area contributed by atoms with Crippen LogP contribution in [0.5, 0.6) is 0 Å². The molecule has 0 aliphatic heterocycles. The van der Waals surface area contributed by atoms with Gasteiger partial charge in [0.15, 0.2) is 0 Å². The highest BCUT2D eigenvalue weighted by Crippen LogP contribution is 2.73. The van der Waals surface area contributed by atoms with Crippen LogP contribution in [0.3, 0.4) is 0 Å². The normalized spacial score (nSPS) is 11.8. The zero-order valence-corrected chi connectivity index (χ0v) is 28.4. The topological polar surface area (TPSA) is 0 Å². The number of thioether (sulfide) groups is 2. The maximum atomic E-state index is 7.13. The Balaban J connectivity index is 2.17. The summed E-state index contributed by atoms with van der Waals surface area (Å²) in [5.74, 6) is 2.15. The van der Waals surface area contributed by atoms with E-state index < -0.39 is 12.1 Å². The molecule has 0 aliphatic carbocycles. The van der Waals surface area contributed by atoms with Crippen LogP contribution in [0.15, 0.2) is 131 Å². The molecule has 0 nitrogen and oxygen atoms in total. The van der Waals surface area contributed by atoms with Crippen molar-refractivity contribution in [2.45, 2.75) is 39.5 Å². The number of hydrogen-bond donors (Lipinski definition) is 0. The van der Waals surface area contributed by atoms with Crippen molar-refractivity contribution in [3.05, 3.63) is 131 Å². The number of benzene rings is 4. The molecule has 4 aromatic carbocycles. The number of unbranched alkanes of at least 4 members (excludes halogenated alkanes) is 2. The Morgan fingerprint density at radius 3 is 1.02 bits per heavy atom. The predicted octanol–water partition coefficient (Wildman–Crippen LogP) is 9.44. The number of hydrogen-bond acceptors (Lipinski definition) is 4. The predicted molar refractivity (Wildman–Crippen MR) is 195 cm³/mol. The van der Waals surface area contributed by atoms with Crippen LogP contribution in [0.4, 0.5) is 0 Å². The second-order valence-corrected chi connectivity index (χ2v) is 21.1. The standard InChI is InChI=1S/C34H38P2S4/c1-3-5-27-39-34(40-28-6-4-2)33(35(37,29-19-11-7-12-20-29)30-21-13-8-14-22-30)36(38,31-23-15-9-16-24-31)32-25-17-10-18-26-32/h7-26H,3-6,27-28H2,1-2H3. The van der Waals surface area contributed by atoms with E-state index in [0.29, 0.717) is 0 Å². The summed E-state index contributed by atoms with van der Waals surface area (Å²) in [6.07, 6.45) is 4.70. The van der Waals surface area contributed by atoms with Crippen molar-refractivity contribution in [2.75, 3.05) is 11.5 Å². The van der Waals surface area contributed by atoms with Gasteiger partial charge in [0.05, 0.1) is 4.24 Å². The third-order valence-corrected chi connectivity index (χ3v) is 21.9. The first-order valence-corrected chi connectivity index (χ1v) is 21.6. The summed E-state index contributed by atoms with van der Waals surface area (Å²) in [4.78, 5) is 0. The van der Waals surface area contributed by atoms with Crippen LogP contribution >= 0.6 is 35.6 Å². The summed E-state index contributed by atoms with van der Waals surface area (Å²) in [7, 11) is 0. The maximum Gasteiger partial charge on any atom is 0.0510 e. The highest BCUT2D eigenvalue weighted by Gasteiger charge is 2.41. The van der Waals surface area contributed by atoms with Gasteiger partial charge in [-0.2, -0.15) is 0 Å². The first kappa shape index (κ1) is 31.6. The van der Waals surface area contributed by atoms with Crippen molar-refractivity contribution >= 4 is 80.4 Å². The van der Waals surface area contributed by atoms with E-state index in [-0.39, 0.29) is 0 Å². The molecule has 0 aromatic heterocycles. The lowest BCUT2D eigenvalue weighted by Crippen LogP contribution is -2.24. The molecule has 0 fully saturated rings. The van der Waals surface area contributed by atoms with Crippen LogP contribution in [0.25, 0.3) is 0 Å². The molecule has 6 heteroatoms. The van der Waals surface area contributed by atoms with Gasteiger partial charge in [-0.3, -0.25) is 0 Å². The van der Waals surface area contributed by atoms with Crippen molar-refractivity contribution < 1.29 is 0 Å². The Hall–Kier alpha value is -1.38. The van der Waals surface area contributed by atoms with Gasteiger partial charge in [0, 0.05) is 17.1 Å². The average molecular weight is 637 g/mol. The molecule has 0 spiro atoms. The summed E-state index contributed by atoms with van der Waals surface area (Å²) < 4.78 is 1.37. The van der Waals surface area contributed by atoms with Crippen LogP contribution in [0, 0.1) is 0 Å². The van der Waals surface area contributed by atoms with Crippen molar-refractivity contribution in [3.63, 3.8) is 0 Å². The maximum absolute atomic E-state index is 7.13. The van der Waals surface area contributed by atoms with E-state index in [1.807, 2.05) is 23.5 Å². The lowest BCUT2D eigenvalue weighted by Gasteiger charge is -2.37. The van der Waals surface area contributed by atoms with Gasteiger partial charge in [0.1, 0.15) is 0 Å². The Morgan fingerprint density at radius 1 is 0.500 bits per heavy atom. The summed E-state index contributed by atoms with van der Waals surface area (Å²) >= 11 is 18.3. The van der Waals surface area contributed by atoms with Gasteiger partial charge in [-0.05, 0) is 45.6 Å². The molecule has 0 saturated heterocycles. The average Bonchev–Trinajstić information content (AvgIpc) is 3.02. The minimum atomic E-state index is -2.52. The van der Waals surface area contributed by atoms with E-state index in [0.717, 1.165) is 11.5 Å². The molecule has 0 radical (unpaired) electrons. The highest BCUT2D eigenvalue weighted by molar-refractivity contribution is 8.37. The Kier molecular flexibility index (Phi) is 12.4. The smallest absolute Gasteiger partial charge is 0.0510 e. The van der Waals surface area contributed by atoms with Gasteiger partial charge < -0.3 is 0 Å². The van der Waals surface area contributed by atoms with Crippen LogP contribution in [-0.2, 0) is 23.6 Å². The van der Waals surface area contributed by atoms with E-state index in [1.54, 1.807) is 0 Å². The van der Waals surface area contributed by atoms with Gasteiger partial charge in [0.25, 0.3) is 0 Å². The van der Waals surface area contributed by atoms with Crippen LogP contribution in [0.1, 0.15) is 39.5 Å². The largest absolute Gasteiger partial charge is 0.118 e. The highest BCUT2D eigenvalue weighted by atomic mass is 32.5. The van der Waals surface area contributed by atoms with Crippen LogP contribution in [0.2, 0.25) is 0 Å². The molecule has 0 saturated carbocycles. The molecule has 0 unspecified atom stereocenters. The summed E-state index contributed by atoms with van der Waals surface area (Å²) in [6, 6.07) is 38.4. The quantitative estimate of drug-likeness (QED) is 0.0999. The third kappa shape index (κ3) is 7.15. The fourth-order valence-corrected chi connectivity index (χ4v) is 22.1. The summed E-state index contributed by atoms with van der Waals surface area (Å²) in [6.45, 7) is 4.54. The third-order valence-electron chi connectivity index (χ3n) is 6.72. The first-order valence-electron chi connectivity index (χ1n) is 14.0. The second-order valence-electron chi connectivity index (χ2n) is 9.58. The molecule has 0 aliphatic rings. The first-order chi connectivity index (χ1) is 19.6. The van der Waals surface area contributed by atoms with Gasteiger partial charge in [0.2, 0.25) is 0 Å². The van der Waals surface area contributed by atoms with E-state index in [4.69, 9.17) is 23.6 Å². The molecule has 0 bridgehead atoms. The Morgan fingerprint density at radius 2 is 0.775 bits per heavy atom. The van der Waals surface area contributed by atoms with Gasteiger partial charge in [-0.1, -0.05) is 172 Å². The molecular weight excluding hydrogens is 599 g/mol. The summed E-state index contributed by atoms with van der Waals surface area (Å²) in [5.41, 5.74) is 0. The second kappa shape index (κ2) is 15.7. The van der Waals surface area contributed by atoms with Crippen molar-refractivity contribution in [1.82, 2.24) is 0 Å². The Labute approximate surface area is 260 Å². The fourth-order valence-electron chi connectivity index (χ4n) is 4.58. The molecule has 0 atom stereocenters. The molecule has 4 rings (SSSR count). The minimum absolute atomic E-state index is 1.08. The molecule has 208 valence electrons. The van der Waals surface area contributed by atoms with E-state index in [1.165, 1.54) is 56.2 Å². The van der Waals surface area contributed by atoms with Crippen LogP contribution < -0.4 is 21.2 Å². The molecular formula is C34H38P2S4. The van der Waals surface area contributed by atoms with Crippen molar-refractivity contribution in [1.29, 1.82) is 0 Å². The monoisotopic (exact) mass is 636 g/mol. The van der Waals surface area contributed by atoms with Gasteiger partial charge in [-0.25, -0.2) is 0 Å². The van der Waals surface area contributed by atoms with Crippen molar-refractivity contribution in [2.24, 2.45) is 0 Å². The Bertz CT molecular complexity index is 1260. The molecule has 4 aromatic rings. The fraction of sp³-hybridized carbons (Fsp3) is 0.235. The van der Waals surface area contributed by atoms with Gasteiger partial charge in [-0.15, -0.1) is 23.5 Å². The molecule has 0 amide bonds. The van der Waals surface area contributed by atoms with Gasteiger partial charge >= 0.3 is 0 Å². The van der Waals surface area contributed by atoms with E-state index in [9.17, 15) is 0 Å². The van der Waals surface area contributed by atoms with Crippen molar-refractivity contribution in [3.8, 4) is 0 Å². The zero-order chi connectivity index (χ0) is 28.3. The van der Waals surface area contributed by atoms with Crippen LogP contribution in [-0.4, -0.2) is 11.5 Å². The molecule has 40 heavy (non-hydrogen) atoms. The number of rotatable bonds is 14. The van der Waals surface area contributed by atoms with E-state index >= 15 is 0 Å². The van der Waals surface area contributed by atoms with E-state index in [2.05, 4.69) is 135 Å². The summed E-state index contributed by atoms with van der Waals surface area (Å²) in [5, 5.41) is 6.21. The molecule has 0 N–H and O–H groups in total. The SMILES string of the molecule is CCCCSC(SCCCC)=C(P(=S)(c1ccccc1)c1ccccc1)P(=S)(c1ccccc1)c1ccccc1. The molecule has 0 heterocycles. The lowest BCUT2D eigenvalue weighted by atomic mass is 10.4.